The van der Waals surface area contributed by atoms with Crippen LogP contribution in [0.25, 0.3) is 0 Å². The molecular formula is C21H35NO2S. The van der Waals surface area contributed by atoms with Gasteiger partial charge in [-0.1, -0.05) is 58.3 Å². The molecule has 0 bridgehead atoms. The molecule has 1 fully saturated rings. The lowest BCUT2D eigenvalue weighted by Gasteiger charge is -2.21. The SMILES string of the molecule is C[C@H](CCc1ccc(C(=O)CCCCCC2CCCCC2)s1)C(N)O. The largest absolute Gasteiger partial charge is 0.379 e. The van der Waals surface area contributed by atoms with E-state index in [0.717, 1.165) is 30.1 Å². The van der Waals surface area contributed by atoms with Crippen molar-refractivity contribution in [3.05, 3.63) is 21.9 Å². The molecule has 0 spiro atoms. The summed E-state index contributed by atoms with van der Waals surface area (Å²) in [6, 6.07) is 4.02. The highest BCUT2D eigenvalue weighted by Crippen LogP contribution is 2.28. The van der Waals surface area contributed by atoms with Crippen molar-refractivity contribution in [1.29, 1.82) is 0 Å². The van der Waals surface area contributed by atoms with Crippen LogP contribution < -0.4 is 5.73 Å². The fourth-order valence-corrected chi connectivity index (χ4v) is 4.69. The molecule has 4 heteroatoms. The minimum absolute atomic E-state index is 0.0883. The van der Waals surface area contributed by atoms with Gasteiger partial charge in [0, 0.05) is 11.3 Å². The summed E-state index contributed by atoms with van der Waals surface area (Å²) in [7, 11) is 0. The zero-order chi connectivity index (χ0) is 18.1. The second-order valence-corrected chi connectivity index (χ2v) is 8.97. The molecule has 3 nitrogen and oxygen atoms in total. The van der Waals surface area contributed by atoms with Gasteiger partial charge in [-0.2, -0.15) is 0 Å². The number of rotatable bonds is 11. The van der Waals surface area contributed by atoms with Crippen molar-refractivity contribution < 1.29 is 9.90 Å². The van der Waals surface area contributed by atoms with E-state index < -0.39 is 6.23 Å². The van der Waals surface area contributed by atoms with Gasteiger partial charge in [0.1, 0.15) is 6.23 Å². The summed E-state index contributed by atoms with van der Waals surface area (Å²) in [5, 5.41) is 9.34. The first-order valence-electron chi connectivity index (χ1n) is 10.1. The predicted octanol–water partition coefficient (Wildman–Crippen LogP) is 5.31. The third kappa shape index (κ3) is 7.59. The number of ketones is 1. The average molecular weight is 366 g/mol. The first kappa shape index (κ1) is 20.6. The van der Waals surface area contributed by atoms with Crippen LogP contribution in [0.1, 0.15) is 92.1 Å². The molecule has 1 aliphatic carbocycles. The number of aliphatic hydroxyl groups is 1. The van der Waals surface area contributed by atoms with E-state index in [4.69, 9.17) is 5.73 Å². The lowest BCUT2D eigenvalue weighted by molar-refractivity contribution is 0.0982. The maximum absolute atomic E-state index is 12.3. The Morgan fingerprint density at radius 2 is 2.00 bits per heavy atom. The lowest BCUT2D eigenvalue weighted by Crippen LogP contribution is -2.27. The molecule has 0 aliphatic heterocycles. The van der Waals surface area contributed by atoms with Gasteiger partial charge < -0.3 is 10.8 Å². The number of nitrogens with two attached hydrogens (primary N) is 1. The smallest absolute Gasteiger partial charge is 0.172 e. The molecule has 142 valence electrons. The van der Waals surface area contributed by atoms with Gasteiger partial charge in [0.15, 0.2) is 5.78 Å². The quantitative estimate of drug-likeness (QED) is 0.317. The van der Waals surface area contributed by atoms with E-state index in [2.05, 4.69) is 6.07 Å². The van der Waals surface area contributed by atoms with Gasteiger partial charge in [-0.15, -0.1) is 11.3 Å². The first-order valence-corrected chi connectivity index (χ1v) is 10.9. The maximum atomic E-state index is 12.3. The normalized spacial score (nSPS) is 18.2. The molecule has 1 aliphatic rings. The van der Waals surface area contributed by atoms with Gasteiger partial charge >= 0.3 is 0 Å². The van der Waals surface area contributed by atoms with Crippen molar-refractivity contribution in [2.75, 3.05) is 0 Å². The molecule has 1 aromatic heterocycles. The molecule has 0 radical (unpaired) electrons. The zero-order valence-electron chi connectivity index (χ0n) is 15.7. The summed E-state index contributed by atoms with van der Waals surface area (Å²) in [6.07, 6.45) is 13.7. The fraction of sp³-hybridized carbons (Fsp3) is 0.762. The number of hydrogen-bond donors (Lipinski definition) is 2. The van der Waals surface area contributed by atoms with Crippen LogP contribution in [0, 0.1) is 11.8 Å². The number of Topliss-reactive ketones (excluding diaryl/α,β-unsaturated/α-hetero) is 1. The number of hydrogen-bond acceptors (Lipinski definition) is 4. The Labute approximate surface area is 157 Å². The van der Waals surface area contributed by atoms with Crippen molar-refractivity contribution in [3.8, 4) is 0 Å². The predicted molar refractivity (Wildman–Crippen MR) is 106 cm³/mol. The number of aliphatic hydroxyl groups excluding tert-OH is 1. The summed E-state index contributed by atoms with van der Waals surface area (Å²) in [5.74, 6) is 1.34. The van der Waals surface area contributed by atoms with Crippen molar-refractivity contribution in [3.63, 3.8) is 0 Å². The number of aryl methyl sites for hydroxylation is 1. The Bertz CT molecular complexity index is 506. The second kappa shape index (κ2) is 11.1. The van der Waals surface area contributed by atoms with Crippen molar-refractivity contribution in [2.24, 2.45) is 17.6 Å². The van der Waals surface area contributed by atoms with Gasteiger partial charge in [-0.3, -0.25) is 4.79 Å². The molecular weight excluding hydrogens is 330 g/mol. The lowest BCUT2D eigenvalue weighted by atomic mass is 9.85. The van der Waals surface area contributed by atoms with Crippen molar-refractivity contribution in [1.82, 2.24) is 0 Å². The monoisotopic (exact) mass is 365 g/mol. The third-order valence-corrected chi connectivity index (χ3v) is 6.79. The van der Waals surface area contributed by atoms with Crippen LogP contribution in [-0.4, -0.2) is 17.1 Å². The van der Waals surface area contributed by atoms with E-state index in [-0.39, 0.29) is 5.92 Å². The van der Waals surface area contributed by atoms with Crippen LogP contribution in [0.15, 0.2) is 12.1 Å². The van der Waals surface area contributed by atoms with E-state index >= 15 is 0 Å². The first-order chi connectivity index (χ1) is 12.1. The summed E-state index contributed by atoms with van der Waals surface area (Å²) in [4.78, 5) is 14.4. The molecule has 3 N–H and O–H groups in total. The van der Waals surface area contributed by atoms with Gasteiger partial charge in [-0.25, -0.2) is 0 Å². The molecule has 2 rings (SSSR count). The summed E-state index contributed by atoms with van der Waals surface area (Å²) >= 11 is 1.61. The highest BCUT2D eigenvalue weighted by molar-refractivity contribution is 7.14. The number of carbonyl (C=O) groups excluding carboxylic acids is 1. The van der Waals surface area contributed by atoms with E-state index in [9.17, 15) is 9.90 Å². The molecule has 1 aromatic rings. The highest BCUT2D eigenvalue weighted by atomic mass is 32.1. The van der Waals surface area contributed by atoms with E-state index in [0.29, 0.717) is 12.2 Å². The summed E-state index contributed by atoms with van der Waals surface area (Å²) in [6.45, 7) is 1.96. The molecule has 2 atom stereocenters. The average Bonchev–Trinajstić information content (AvgIpc) is 3.09. The van der Waals surface area contributed by atoms with Crippen LogP contribution in [-0.2, 0) is 6.42 Å². The minimum atomic E-state index is -0.755. The Morgan fingerprint density at radius 1 is 1.24 bits per heavy atom. The molecule has 25 heavy (non-hydrogen) atoms. The fourth-order valence-electron chi connectivity index (χ4n) is 3.70. The van der Waals surface area contributed by atoms with Gasteiger partial charge in [0.2, 0.25) is 0 Å². The van der Waals surface area contributed by atoms with Crippen LogP contribution in [0.4, 0.5) is 0 Å². The Hall–Kier alpha value is -0.710. The molecule has 0 aromatic carbocycles. The molecule has 1 saturated carbocycles. The maximum Gasteiger partial charge on any atom is 0.172 e. The van der Waals surface area contributed by atoms with Crippen molar-refractivity contribution in [2.45, 2.75) is 90.2 Å². The standard InChI is InChI=1S/C21H35NO2S/c1-16(21(22)24)12-13-18-14-15-20(25-18)19(23)11-7-3-6-10-17-8-4-2-5-9-17/h14-17,21,24H,2-13,22H2,1H3/t16-,21?/m1/s1. The number of carbonyl (C=O) groups is 1. The second-order valence-electron chi connectivity index (χ2n) is 7.80. The number of unbranched alkanes of at least 4 members (excludes halogenated alkanes) is 2. The Morgan fingerprint density at radius 3 is 2.72 bits per heavy atom. The third-order valence-electron chi connectivity index (χ3n) is 5.61. The van der Waals surface area contributed by atoms with Gasteiger partial charge in [0.05, 0.1) is 4.88 Å². The molecule has 0 saturated heterocycles. The van der Waals surface area contributed by atoms with Crippen molar-refractivity contribution >= 4 is 17.1 Å². The summed E-state index contributed by atoms with van der Waals surface area (Å²) < 4.78 is 0. The van der Waals surface area contributed by atoms with Gasteiger partial charge in [-0.05, 0) is 43.2 Å². The molecule has 1 unspecified atom stereocenters. The van der Waals surface area contributed by atoms with Gasteiger partial charge in [0.25, 0.3) is 0 Å². The molecule has 1 heterocycles. The van der Waals surface area contributed by atoms with Crippen LogP contribution in [0.5, 0.6) is 0 Å². The zero-order valence-corrected chi connectivity index (χ0v) is 16.5. The summed E-state index contributed by atoms with van der Waals surface area (Å²) in [5.41, 5.74) is 5.49. The number of thiophene rings is 1. The van der Waals surface area contributed by atoms with E-state index in [1.54, 1.807) is 11.3 Å². The highest BCUT2D eigenvalue weighted by Gasteiger charge is 2.14. The Balaban J connectivity index is 1.60. The van der Waals surface area contributed by atoms with Crippen LogP contribution >= 0.6 is 11.3 Å². The Kier molecular flexibility index (Phi) is 9.14. The molecule has 0 amide bonds. The van der Waals surface area contributed by atoms with Crippen LogP contribution in [0.2, 0.25) is 0 Å². The van der Waals surface area contributed by atoms with Crippen LogP contribution in [0.3, 0.4) is 0 Å². The van der Waals surface area contributed by atoms with E-state index in [1.807, 2.05) is 13.0 Å². The minimum Gasteiger partial charge on any atom is -0.379 e. The van der Waals surface area contributed by atoms with E-state index in [1.165, 1.54) is 56.2 Å². The topological polar surface area (TPSA) is 63.3 Å².